The number of benzene rings is 1. The number of para-hydroxylation sites is 1. The second kappa shape index (κ2) is 6.68. The third-order valence-electron chi connectivity index (χ3n) is 0.756. The lowest BCUT2D eigenvalue weighted by Crippen LogP contribution is -1.56. The quantitative estimate of drug-likeness (QED) is 0.666. The first-order valence-electron chi connectivity index (χ1n) is 2.44. The van der Waals surface area contributed by atoms with Crippen molar-refractivity contribution >= 4 is 23.7 Å². The van der Waals surface area contributed by atoms with Crippen LogP contribution < -0.4 is 0 Å². The summed E-state index contributed by atoms with van der Waals surface area (Å²) < 4.78 is 3.19. The molecule has 1 aromatic carbocycles. The fourth-order valence-electron chi connectivity index (χ4n) is 0.428. The van der Waals surface area contributed by atoms with E-state index in [1.807, 2.05) is 6.07 Å². The number of aromatic hydroxyl groups is 1. The zero-order valence-corrected chi connectivity index (χ0v) is 6.51. The average molecular weight is 181 g/mol. The molecule has 56 valence electrons. The van der Waals surface area contributed by atoms with E-state index in [0.717, 1.165) is 0 Å². The van der Waals surface area contributed by atoms with Crippen molar-refractivity contribution in [3.8, 4) is 5.75 Å². The molecule has 4 heteroatoms. The molecule has 1 rings (SSSR count). The Hall–Kier alpha value is -0.440. The van der Waals surface area contributed by atoms with Crippen LogP contribution in [0.1, 0.15) is 0 Å². The summed E-state index contributed by atoms with van der Waals surface area (Å²) in [6.45, 7) is 0. The molecule has 0 saturated carbocycles. The van der Waals surface area contributed by atoms with Crippen LogP contribution in [0.4, 0.5) is 0 Å². The van der Waals surface area contributed by atoms with Gasteiger partial charge in [0.15, 0.2) is 0 Å². The molecule has 0 spiro atoms. The Kier molecular flexibility index (Phi) is 6.38. The molecule has 0 fully saturated rings. The van der Waals surface area contributed by atoms with Crippen LogP contribution in [0.3, 0.4) is 0 Å². The van der Waals surface area contributed by atoms with Gasteiger partial charge in [-0.3, -0.25) is 0 Å². The van der Waals surface area contributed by atoms with Gasteiger partial charge in [-0.1, -0.05) is 18.2 Å². The minimum Gasteiger partial charge on any atom is -0.508 e. The third kappa shape index (κ3) is 5.69. The molecule has 1 N–H and O–H groups in total. The van der Waals surface area contributed by atoms with Gasteiger partial charge in [0.05, 0.1) is 23.7 Å². The van der Waals surface area contributed by atoms with Crippen LogP contribution in [0.25, 0.3) is 0 Å². The zero-order chi connectivity index (χ0) is 7.82. The van der Waals surface area contributed by atoms with Crippen LogP contribution in [-0.4, -0.2) is 5.11 Å². The van der Waals surface area contributed by atoms with Crippen LogP contribution >= 0.6 is 23.7 Å². The van der Waals surface area contributed by atoms with Crippen LogP contribution in [0.5, 0.6) is 5.75 Å². The summed E-state index contributed by atoms with van der Waals surface area (Å²) in [5, 5.41) is 8.63. The van der Waals surface area contributed by atoms with Crippen molar-refractivity contribution < 1.29 is 8.95 Å². The molecule has 2 nitrogen and oxygen atoms in total. The van der Waals surface area contributed by atoms with E-state index < -0.39 is 0 Å². The van der Waals surface area contributed by atoms with E-state index in [2.05, 4.69) is 27.6 Å². The molecule has 0 heterocycles. The van der Waals surface area contributed by atoms with Gasteiger partial charge in [-0.25, -0.2) is 0 Å². The molecule has 0 radical (unpaired) electrons. The van der Waals surface area contributed by atoms with Crippen LogP contribution in [0.15, 0.2) is 30.3 Å². The molecule has 0 atom stereocenters. The Bertz CT molecular complexity index is 155. The topological polar surface area (TPSA) is 29.5 Å². The number of halogens is 2. The van der Waals surface area contributed by atoms with Crippen molar-refractivity contribution in [2.45, 2.75) is 0 Å². The van der Waals surface area contributed by atoms with Crippen molar-refractivity contribution in [2.24, 2.45) is 0 Å². The van der Waals surface area contributed by atoms with E-state index in [-0.39, 0.29) is 0 Å². The van der Waals surface area contributed by atoms with Crippen LogP contribution in [0.2, 0.25) is 0 Å². The first kappa shape index (κ1) is 9.56. The molecule has 0 bridgehead atoms. The molecule has 10 heavy (non-hydrogen) atoms. The predicted octanol–water partition coefficient (Wildman–Crippen LogP) is 2.70. The highest BCUT2D eigenvalue weighted by Crippen LogP contribution is 2.02. The summed E-state index contributed by atoms with van der Waals surface area (Å²) in [6.07, 6.45) is 0. The first-order valence-corrected chi connectivity index (χ1v) is 3.06. The lowest BCUT2D eigenvalue weighted by atomic mass is 10.3. The molecule has 0 saturated heterocycles. The summed E-state index contributed by atoms with van der Waals surface area (Å²) in [4.78, 5) is 0. The van der Waals surface area contributed by atoms with E-state index in [9.17, 15) is 0 Å². The Balaban J connectivity index is 0.000000236. The van der Waals surface area contributed by atoms with Crippen molar-refractivity contribution in [3.05, 3.63) is 30.3 Å². The largest absolute Gasteiger partial charge is 0.508 e. The van der Waals surface area contributed by atoms with E-state index in [1.54, 1.807) is 24.3 Å². The Labute approximate surface area is 69.3 Å². The number of rotatable bonds is 0. The van der Waals surface area contributed by atoms with Crippen molar-refractivity contribution in [2.75, 3.05) is 0 Å². The van der Waals surface area contributed by atoms with E-state index in [1.165, 1.54) is 0 Å². The Morgan fingerprint density at radius 2 is 1.50 bits per heavy atom. The van der Waals surface area contributed by atoms with Gasteiger partial charge in [0.2, 0.25) is 0 Å². The standard InChI is InChI=1S/C6H6O.Cl2O/c7-6-4-2-1-3-5-6;1-3-2/h1-5,7H;. The minimum absolute atomic E-state index is 0.322. The maximum Gasteiger partial charge on any atom is 0.115 e. The summed E-state index contributed by atoms with van der Waals surface area (Å²) in [6, 6.07) is 8.71. The second-order valence-corrected chi connectivity index (χ2v) is 1.86. The lowest BCUT2D eigenvalue weighted by molar-refractivity contribution is 0.475. The molecule has 1 aromatic rings. The number of phenols is 1. The molecule has 0 aliphatic heterocycles. The Morgan fingerprint density at radius 3 is 1.70 bits per heavy atom. The summed E-state index contributed by atoms with van der Waals surface area (Å²) in [5.41, 5.74) is 0. The number of hydrogen-bond acceptors (Lipinski definition) is 2. The summed E-state index contributed by atoms with van der Waals surface area (Å²) in [5.74, 6) is 0.322. The maximum atomic E-state index is 8.63. The normalized spacial score (nSPS) is 7.80. The van der Waals surface area contributed by atoms with E-state index >= 15 is 0 Å². The smallest absolute Gasteiger partial charge is 0.115 e. The van der Waals surface area contributed by atoms with Crippen molar-refractivity contribution in [1.29, 1.82) is 0 Å². The summed E-state index contributed by atoms with van der Waals surface area (Å²) >= 11 is 8.53. The van der Waals surface area contributed by atoms with Crippen LogP contribution in [0, 0.1) is 0 Å². The molecule has 0 aliphatic carbocycles. The highest BCUT2D eigenvalue weighted by molar-refractivity contribution is 6.24. The third-order valence-corrected chi connectivity index (χ3v) is 0.756. The molecule has 0 aromatic heterocycles. The van der Waals surface area contributed by atoms with Gasteiger partial charge >= 0.3 is 0 Å². The fraction of sp³-hybridized carbons (Fsp3) is 0. The fourth-order valence-corrected chi connectivity index (χ4v) is 0.428. The highest BCUT2D eigenvalue weighted by atomic mass is 35.6. The van der Waals surface area contributed by atoms with E-state index in [4.69, 9.17) is 5.11 Å². The summed E-state index contributed by atoms with van der Waals surface area (Å²) in [7, 11) is 0. The second-order valence-electron chi connectivity index (χ2n) is 1.39. The van der Waals surface area contributed by atoms with Gasteiger partial charge in [-0.2, -0.15) is 3.84 Å². The SMILES string of the molecule is ClOCl.Oc1ccccc1. The Morgan fingerprint density at radius 1 is 1.10 bits per heavy atom. The predicted molar refractivity (Wildman–Crippen MR) is 40.9 cm³/mol. The monoisotopic (exact) mass is 180 g/mol. The minimum atomic E-state index is 0.322. The molecular weight excluding hydrogens is 175 g/mol. The van der Waals surface area contributed by atoms with Gasteiger partial charge in [-0.05, 0) is 12.1 Å². The maximum absolute atomic E-state index is 8.63. The zero-order valence-electron chi connectivity index (χ0n) is 5.00. The van der Waals surface area contributed by atoms with Gasteiger partial charge < -0.3 is 5.11 Å². The molecular formula is C6H6Cl2O2. The molecule has 0 aliphatic rings. The lowest BCUT2D eigenvalue weighted by Gasteiger charge is -1.82. The van der Waals surface area contributed by atoms with Gasteiger partial charge in [0, 0.05) is 0 Å². The number of phenolic OH excluding ortho intramolecular Hbond substituents is 1. The van der Waals surface area contributed by atoms with Gasteiger partial charge in [-0.15, -0.1) is 0 Å². The highest BCUT2D eigenvalue weighted by Gasteiger charge is 1.74. The van der Waals surface area contributed by atoms with Crippen molar-refractivity contribution in [1.82, 2.24) is 0 Å². The average Bonchev–Trinajstić information content (AvgIpc) is 1.91. The van der Waals surface area contributed by atoms with Gasteiger partial charge in [0.1, 0.15) is 5.75 Å². The van der Waals surface area contributed by atoms with Gasteiger partial charge in [0.25, 0.3) is 0 Å². The van der Waals surface area contributed by atoms with Crippen molar-refractivity contribution in [3.63, 3.8) is 0 Å². The molecule has 0 amide bonds. The van der Waals surface area contributed by atoms with E-state index in [0.29, 0.717) is 5.75 Å². The number of hydrogen-bond donors (Lipinski definition) is 1. The van der Waals surface area contributed by atoms with Crippen LogP contribution in [-0.2, 0) is 3.84 Å². The molecule has 0 unspecified atom stereocenters. The first-order chi connectivity index (χ1) is 4.81.